The van der Waals surface area contributed by atoms with Crippen LogP contribution in [0.15, 0.2) is 42.6 Å². The number of benzene rings is 1. The van der Waals surface area contributed by atoms with Gasteiger partial charge in [0.15, 0.2) is 5.78 Å². The van der Waals surface area contributed by atoms with Gasteiger partial charge >= 0.3 is 0 Å². The molecular formula is C19H25N3O3S. The molecule has 1 fully saturated rings. The fourth-order valence-electron chi connectivity index (χ4n) is 3.65. The van der Waals surface area contributed by atoms with E-state index in [4.69, 9.17) is 0 Å². The van der Waals surface area contributed by atoms with Gasteiger partial charge < -0.3 is 9.47 Å². The normalized spacial score (nSPS) is 20.8. The van der Waals surface area contributed by atoms with Crippen LogP contribution in [0.2, 0.25) is 0 Å². The molecule has 1 aliphatic heterocycles. The van der Waals surface area contributed by atoms with Crippen molar-refractivity contribution >= 4 is 27.3 Å². The van der Waals surface area contributed by atoms with Crippen LogP contribution in [0.25, 0.3) is 0 Å². The molecule has 0 amide bonds. The van der Waals surface area contributed by atoms with Crippen molar-refractivity contribution in [3.8, 4) is 0 Å². The molecule has 0 radical (unpaired) electrons. The van der Waals surface area contributed by atoms with Crippen molar-refractivity contribution in [2.75, 3.05) is 22.4 Å². The maximum Gasteiger partial charge on any atom is 0.229 e. The van der Waals surface area contributed by atoms with E-state index in [9.17, 15) is 13.2 Å². The van der Waals surface area contributed by atoms with Gasteiger partial charge in [-0.3, -0.25) is 9.52 Å². The second kappa shape index (κ2) is 7.15. The number of hydrogen-bond donors (Lipinski definition) is 1. The van der Waals surface area contributed by atoms with Crippen molar-refractivity contribution in [2.24, 2.45) is 13.0 Å². The molecule has 0 saturated carbocycles. The van der Waals surface area contributed by atoms with E-state index in [1.54, 1.807) is 24.3 Å². The topological polar surface area (TPSA) is 71.4 Å². The highest BCUT2D eigenvalue weighted by Gasteiger charge is 2.31. The number of Topliss-reactive ketones (excluding diaryl/α,β-unsaturated/α-hetero) is 1. The van der Waals surface area contributed by atoms with Crippen LogP contribution in [0.4, 0.5) is 11.5 Å². The summed E-state index contributed by atoms with van der Waals surface area (Å²) in [6, 6.07) is 11.1. The van der Waals surface area contributed by atoms with Crippen molar-refractivity contribution in [3.63, 3.8) is 0 Å². The summed E-state index contributed by atoms with van der Waals surface area (Å²) in [7, 11) is -1.28. The van der Waals surface area contributed by atoms with E-state index in [0.29, 0.717) is 11.3 Å². The summed E-state index contributed by atoms with van der Waals surface area (Å²) < 4.78 is 27.1. The van der Waals surface area contributed by atoms with Crippen LogP contribution >= 0.6 is 0 Å². The third-order valence-corrected chi connectivity index (χ3v) is 5.54. The molecule has 0 bridgehead atoms. The second-order valence-corrected chi connectivity index (χ2v) is 8.81. The molecule has 1 aromatic carbocycles. The van der Waals surface area contributed by atoms with Gasteiger partial charge in [-0.15, -0.1) is 0 Å². The molecule has 1 aromatic heterocycles. The maximum atomic E-state index is 12.8. The fourth-order valence-corrected chi connectivity index (χ4v) is 4.22. The smallest absolute Gasteiger partial charge is 0.229 e. The first-order chi connectivity index (χ1) is 12.2. The SMILES string of the molecule is CC1CC(C(=O)c2ccc(NS(C)(=O)=O)cc2)CCN1c1cccn1C. The first-order valence-corrected chi connectivity index (χ1v) is 10.6. The molecule has 6 nitrogen and oxygen atoms in total. The van der Waals surface area contributed by atoms with Crippen molar-refractivity contribution in [3.05, 3.63) is 48.2 Å². The molecule has 1 N–H and O–H groups in total. The van der Waals surface area contributed by atoms with Crippen molar-refractivity contribution < 1.29 is 13.2 Å². The number of anilines is 2. The minimum Gasteiger partial charge on any atom is -0.355 e. The zero-order valence-electron chi connectivity index (χ0n) is 15.3. The predicted octanol–water partition coefficient (Wildman–Crippen LogP) is 2.88. The Morgan fingerprint density at radius 1 is 1.19 bits per heavy atom. The molecule has 140 valence electrons. The number of aryl methyl sites for hydroxylation is 1. The Balaban J connectivity index is 1.67. The number of ketones is 1. The van der Waals surface area contributed by atoms with Gasteiger partial charge in [0.05, 0.1) is 6.26 Å². The third kappa shape index (κ3) is 4.09. The van der Waals surface area contributed by atoms with E-state index in [0.717, 1.165) is 25.6 Å². The van der Waals surface area contributed by atoms with Crippen LogP contribution in [0.5, 0.6) is 0 Å². The summed E-state index contributed by atoms with van der Waals surface area (Å²) in [4.78, 5) is 15.2. The van der Waals surface area contributed by atoms with Gasteiger partial charge in [-0.05, 0) is 56.2 Å². The third-order valence-electron chi connectivity index (χ3n) is 4.93. The van der Waals surface area contributed by atoms with Crippen LogP contribution < -0.4 is 9.62 Å². The highest BCUT2D eigenvalue weighted by Crippen LogP contribution is 2.30. The summed E-state index contributed by atoms with van der Waals surface area (Å²) in [6.45, 7) is 3.01. The number of nitrogens with zero attached hydrogens (tertiary/aromatic N) is 2. The second-order valence-electron chi connectivity index (χ2n) is 7.06. The van der Waals surface area contributed by atoms with Crippen molar-refractivity contribution in [2.45, 2.75) is 25.8 Å². The maximum absolute atomic E-state index is 12.8. The number of aromatic nitrogens is 1. The lowest BCUT2D eigenvalue weighted by Gasteiger charge is -2.38. The number of rotatable bonds is 5. The van der Waals surface area contributed by atoms with Gasteiger partial charge in [0, 0.05) is 43.0 Å². The Morgan fingerprint density at radius 3 is 2.42 bits per heavy atom. The molecule has 3 rings (SSSR count). The summed E-state index contributed by atoms with van der Waals surface area (Å²) in [5, 5.41) is 0. The van der Waals surface area contributed by atoms with Crippen molar-refractivity contribution in [1.82, 2.24) is 4.57 Å². The van der Waals surface area contributed by atoms with Crippen LogP contribution in [0.3, 0.4) is 0 Å². The van der Waals surface area contributed by atoms with Gasteiger partial charge in [0.2, 0.25) is 10.0 Å². The average molecular weight is 375 g/mol. The quantitative estimate of drug-likeness (QED) is 0.816. The molecular weight excluding hydrogens is 350 g/mol. The van der Waals surface area contributed by atoms with Gasteiger partial charge in [-0.2, -0.15) is 0 Å². The Morgan fingerprint density at radius 2 is 1.88 bits per heavy atom. The van der Waals surface area contributed by atoms with Crippen LogP contribution in [0, 0.1) is 5.92 Å². The molecule has 2 aromatic rings. The molecule has 7 heteroatoms. The number of nitrogens with one attached hydrogen (secondary N) is 1. The fraction of sp³-hybridized carbons (Fsp3) is 0.421. The number of sulfonamides is 1. The molecule has 1 aliphatic rings. The zero-order valence-corrected chi connectivity index (χ0v) is 16.2. The van der Waals surface area contributed by atoms with Gasteiger partial charge in [0.1, 0.15) is 5.82 Å². The molecule has 2 unspecified atom stereocenters. The van der Waals surface area contributed by atoms with Crippen LogP contribution in [-0.4, -0.2) is 37.6 Å². The highest BCUT2D eigenvalue weighted by molar-refractivity contribution is 7.92. The Bertz CT molecular complexity index is 887. The van der Waals surface area contributed by atoms with E-state index < -0.39 is 10.0 Å². The molecule has 0 spiro atoms. The first-order valence-electron chi connectivity index (χ1n) is 8.74. The Kier molecular flexibility index (Phi) is 5.09. The van der Waals surface area contributed by atoms with E-state index in [1.807, 2.05) is 19.3 Å². The summed E-state index contributed by atoms with van der Waals surface area (Å²) >= 11 is 0. The zero-order chi connectivity index (χ0) is 18.9. The lowest BCUT2D eigenvalue weighted by molar-refractivity contribution is 0.0890. The number of hydrogen-bond acceptors (Lipinski definition) is 4. The lowest BCUT2D eigenvalue weighted by atomic mass is 9.85. The van der Waals surface area contributed by atoms with E-state index >= 15 is 0 Å². The predicted molar refractivity (Wildman–Crippen MR) is 104 cm³/mol. The summed E-state index contributed by atoms with van der Waals surface area (Å²) in [5.41, 5.74) is 1.10. The van der Waals surface area contributed by atoms with Crippen molar-refractivity contribution in [1.29, 1.82) is 0 Å². The first kappa shape index (κ1) is 18.5. The lowest BCUT2D eigenvalue weighted by Crippen LogP contribution is -2.43. The Labute approximate surface area is 154 Å². The molecule has 26 heavy (non-hydrogen) atoms. The monoisotopic (exact) mass is 375 g/mol. The number of carbonyl (C=O) groups excluding carboxylic acids is 1. The standard InChI is InChI=1S/C19H25N3O3S/c1-14-13-16(10-12-22(14)18-5-4-11-21(18)2)19(23)15-6-8-17(9-7-15)20-26(3,24)25/h4-9,11,14,16,20H,10,12-13H2,1-3H3. The summed E-state index contributed by atoms with van der Waals surface area (Å²) in [5.74, 6) is 1.31. The summed E-state index contributed by atoms with van der Waals surface area (Å²) in [6.07, 6.45) is 4.77. The van der Waals surface area contributed by atoms with E-state index in [1.165, 1.54) is 5.82 Å². The van der Waals surface area contributed by atoms with Crippen LogP contribution in [0.1, 0.15) is 30.1 Å². The molecule has 1 saturated heterocycles. The number of carbonyl (C=O) groups is 1. The van der Waals surface area contributed by atoms with Crippen LogP contribution in [-0.2, 0) is 17.1 Å². The molecule has 0 aliphatic carbocycles. The highest BCUT2D eigenvalue weighted by atomic mass is 32.2. The van der Waals surface area contributed by atoms with Gasteiger partial charge in [0.25, 0.3) is 0 Å². The Hall–Kier alpha value is -2.28. The molecule has 2 atom stereocenters. The molecule has 2 heterocycles. The minimum atomic E-state index is -3.31. The average Bonchev–Trinajstić information content (AvgIpc) is 2.99. The largest absolute Gasteiger partial charge is 0.355 e. The minimum absolute atomic E-state index is 0.00441. The van der Waals surface area contributed by atoms with Gasteiger partial charge in [-0.25, -0.2) is 8.42 Å². The van der Waals surface area contributed by atoms with E-state index in [-0.39, 0.29) is 17.7 Å². The van der Waals surface area contributed by atoms with E-state index in [2.05, 4.69) is 27.2 Å². The van der Waals surface area contributed by atoms with Gasteiger partial charge in [-0.1, -0.05) is 0 Å². The number of piperidine rings is 1.